The summed E-state index contributed by atoms with van der Waals surface area (Å²) in [7, 11) is 0. The number of fused-ring (bicyclic) bond motifs is 2. The van der Waals surface area contributed by atoms with Gasteiger partial charge in [-0.05, 0) is 43.7 Å². The molecule has 4 heterocycles. The summed E-state index contributed by atoms with van der Waals surface area (Å²) in [6, 6.07) is 7.85. The first kappa shape index (κ1) is 29.5. The van der Waals surface area contributed by atoms with Crippen LogP contribution in [0.5, 0.6) is 0 Å². The number of hydrogen-bond acceptors (Lipinski definition) is 5. The van der Waals surface area contributed by atoms with E-state index in [1.165, 1.54) is 0 Å². The van der Waals surface area contributed by atoms with Gasteiger partial charge >= 0.3 is 0 Å². The molecule has 0 saturated carbocycles. The molecule has 1 N–H and O–H groups in total. The molecule has 0 radical (unpaired) electrons. The van der Waals surface area contributed by atoms with Crippen LogP contribution >= 0.6 is 0 Å². The van der Waals surface area contributed by atoms with Crippen molar-refractivity contribution in [2.24, 2.45) is 23.2 Å². The largest absolute Gasteiger partial charge is 0.394 e. The molecule has 1 aromatic rings. The summed E-state index contributed by atoms with van der Waals surface area (Å²) in [4.78, 5) is 48.7. The topological polar surface area (TPSA) is 90.4 Å². The first-order valence-corrected chi connectivity index (χ1v) is 14.9. The fraction of sp³-hybridized carbons (Fsp3) is 0.606. The number of hydrogen-bond donors (Lipinski definition) is 1. The Morgan fingerprint density at radius 3 is 2.27 bits per heavy atom. The molecule has 1 unspecified atom stereocenters. The normalized spacial score (nSPS) is 30.9. The molecule has 4 aliphatic heterocycles. The van der Waals surface area contributed by atoms with Crippen LogP contribution in [0.3, 0.4) is 0 Å². The molecule has 0 aromatic heterocycles. The van der Waals surface area contributed by atoms with Crippen molar-refractivity contribution in [2.45, 2.75) is 84.2 Å². The molecule has 2 fully saturated rings. The van der Waals surface area contributed by atoms with Gasteiger partial charge in [-0.15, -0.1) is 0 Å². The van der Waals surface area contributed by atoms with E-state index >= 15 is 0 Å². The fourth-order valence-electron chi connectivity index (χ4n) is 7.83. The Morgan fingerprint density at radius 1 is 0.976 bits per heavy atom. The average Bonchev–Trinajstić information content (AvgIpc) is 3.18. The summed E-state index contributed by atoms with van der Waals surface area (Å²) in [5, 5.41) is 10.5. The number of nitrogens with zero attached hydrogens (tertiary/aromatic N) is 3. The van der Waals surface area contributed by atoms with Crippen LogP contribution in [0.4, 0.5) is 5.69 Å². The van der Waals surface area contributed by atoms with E-state index < -0.39 is 41.2 Å². The van der Waals surface area contributed by atoms with E-state index in [0.717, 1.165) is 12.1 Å². The zero-order valence-corrected chi connectivity index (χ0v) is 25.4. The predicted molar refractivity (Wildman–Crippen MR) is 158 cm³/mol. The number of likely N-dealkylation sites (tertiary alicyclic amines) is 1. The van der Waals surface area contributed by atoms with Crippen LogP contribution in [-0.2, 0) is 19.1 Å². The molecular weight excluding hydrogens is 518 g/mol. The van der Waals surface area contributed by atoms with Gasteiger partial charge in [0.2, 0.25) is 17.7 Å². The maximum atomic E-state index is 14.8. The minimum atomic E-state index is -1.32. The first-order valence-electron chi connectivity index (χ1n) is 14.9. The van der Waals surface area contributed by atoms with E-state index in [1.54, 1.807) is 9.80 Å². The van der Waals surface area contributed by atoms with Crippen LogP contribution in [0.1, 0.15) is 54.9 Å². The SMILES string of the molecule is CC(C)[C@H](CO)N1C(=O)[C@@H]2[C@@H]3C(=O)N(c4ccccc4)CC=C[C@@H]3O[C@@]23C=CCN(C(C)(C)CC(C)(C)C)C(=O)C13. The Kier molecular flexibility index (Phi) is 7.48. The molecule has 3 amide bonds. The van der Waals surface area contributed by atoms with Gasteiger partial charge in [0.05, 0.1) is 30.6 Å². The number of benzene rings is 1. The third kappa shape index (κ3) is 4.83. The van der Waals surface area contributed by atoms with E-state index in [-0.39, 0.29) is 35.7 Å². The number of para-hydroxylation sites is 1. The lowest BCUT2D eigenvalue weighted by Crippen LogP contribution is -2.62. The zero-order valence-electron chi connectivity index (χ0n) is 25.4. The van der Waals surface area contributed by atoms with Crippen molar-refractivity contribution in [3.05, 3.63) is 54.6 Å². The third-order valence-corrected chi connectivity index (χ3v) is 9.17. The number of carbonyl (C=O) groups excluding carboxylic acids is 3. The van der Waals surface area contributed by atoms with Crippen molar-refractivity contribution in [1.82, 2.24) is 9.80 Å². The second kappa shape index (κ2) is 10.4. The smallest absolute Gasteiger partial charge is 0.249 e. The van der Waals surface area contributed by atoms with E-state index in [0.29, 0.717) is 13.1 Å². The lowest BCUT2D eigenvalue weighted by molar-refractivity contribution is -0.155. The number of ether oxygens (including phenoxy) is 1. The first-order chi connectivity index (χ1) is 19.2. The minimum absolute atomic E-state index is 0.0358. The number of anilines is 1. The number of carbonyl (C=O) groups is 3. The number of rotatable bonds is 6. The highest BCUT2D eigenvalue weighted by Crippen LogP contribution is 2.55. The van der Waals surface area contributed by atoms with Crippen LogP contribution in [0, 0.1) is 23.2 Å². The van der Waals surface area contributed by atoms with E-state index in [9.17, 15) is 19.5 Å². The second-order valence-electron chi connectivity index (χ2n) is 14.2. The van der Waals surface area contributed by atoms with Gasteiger partial charge in [-0.25, -0.2) is 0 Å². The van der Waals surface area contributed by atoms with Crippen molar-refractivity contribution in [3.63, 3.8) is 0 Å². The fourth-order valence-corrected chi connectivity index (χ4v) is 7.83. The van der Waals surface area contributed by atoms with E-state index in [1.807, 2.05) is 73.4 Å². The summed E-state index contributed by atoms with van der Waals surface area (Å²) in [6.07, 6.45) is 7.71. The van der Waals surface area contributed by atoms with Crippen LogP contribution in [0.15, 0.2) is 54.6 Å². The van der Waals surface area contributed by atoms with E-state index in [2.05, 4.69) is 34.6 Å². The number of aliphatic hydroxyl groups is 1. The maximum Gasteiger partial charge on any atom is 0.249 e. The Bertz CT molecular complexity index is 1250. The third-order valence-electron chi connectivity index (χ3n) is 9.17. The molecule has 4 aliphatic rings. The molecule has 5 rings (SSSR count). The van der Waals surface area contributed by atoms with Gasteiger partial charge in [0.15, 0.2) is 0 Å². The van der Waals surface area contributed by atoms with Crippen molar-refractivity contribution in [1.29, 1.82) is 0 Å². The van der Waals surface area contributed by atoms with Crippen molar-refractivity contribution >= 4 is 23.4 Å². The van der Waals surface area contributed by atoms with Gasteiger partial charge in [-0.2, -0.15) is 0 Å². The molecule has 0 aliphatic carbocycles. The summed E-state index contributed by atoms with van der Waals surface area (Å²) < 4.78 is 6.79. The van der Waals surface area contributed by atoms with Gasteiger partial charge < -0.3 is 24.5 Å². The standard InChI is InChI=1S/C33H45N3O5/c1-21(2)23(19-37)36-27-30(40)35(32(6,7)20-31(3,4)5)18-12-16-33(27)26(29(36)39)25-24(41-33)15-11-17-34(28(25)38)22-13-9-8-10-14-22/h8-16,21,23-27,37H,17-20H2,1-7H3/t23-,24-,25+,26-,27?,33-/m0/s1. The van der Waals surface area contributed by atoms with Gasteiger partial charge in [-0.3, -0.25) is 14.4 Å². The molecule has 8 nitrogen and oxygen atoms in total. The lowest BCUT2D eigenvalue weighted by Gasteiger charge is -2.45. The quantitative estimate of drug-likeness (QED) is 0.532. The Morgan fingerprint density at radius 2 is 1.66 bits per heavy atom. The van der Waals surface area contributed by atoms with Crippen LogP contribution in [-0.4, -0.2) is 81.7 Å². The molecule has 2 saturated heterocycles. The highest BCUT2D eigenvalue weighted by Gasteiger charge is 2.73. The van der Waals surface area contributed by atoms with Crippen molar-refractivity contribution in [2.75, 3.05) is 24.6 Å². The molecular formula is C33H45N3O5. The van der Waals surface area contributed by atoms with E-state index in [4.69, 9.17) is 4.74 Å². The Labute approximate surface area is 244 Å². The Balaban J connectivity index is 1.63. The summed E-state index contributed by atoms with van der Waals surface area (Å²) >= 11 is 0. The summed E-state index contributed by atoms with van der Waals surface area (Å²) in [5.74, 6) is -2.50. The van der Waals surface area contributed by atoms with Crippen LogP contribution in [0.2, 0.25) is 0 Å². The number of amides is 3. The van der Waals surface area contributed by atoms with Gasteiger partial charge in [0.25, 0.3) is 0 Å². The maximum absolute atomic E-state index is 14.8. The Hall–Kier alpha value is -2.97. The minimum Gasteiger partial charge on any atom is -0.394 e. The molecule has 222 valence electrons. The molecule has 41 heavy (non-hydrogen) atoms. The summed E-state index contributed by atoms with van der Waals surface area (Å²) in [6.45, 7) is 14.9. The zero-order chi connectivity index (χ0) is 29.9. The van der Waals surface area contributed by atoms with Crippen molar-refractivity contribution in [3.8, 4) is 0 Å². The van der Waals surface area contributed by atoms with Crippen LogP contribution < -0.4 is 4.90 Å². The number of aliphatic hydroxyl groups excluding tert-OH is 1. The average molecular weight is 564 g/mol. The molecule has 1 spiro atoms. The molecule has 1 aromatic carbocycles. The highest BCUT2D eigenvalue weighted by atomic mass is 16.5. The van der Waals surface area contributed by atoms with Gasteiger partial charge in [0.1, 0.15) is 11.6 Å². The van der Waals surface area contributed by atoms with Gasteiger partial charge in [-0.1, -0.05) is 77.1 Å². The highest BCUT2D eigenvalue weighted by molar-refractivity contribution is 6.04. The van der Waals surface area contributed by atoms with Gasteiger partial charge in [0, 0.05) is 24.3 Å². The summed E-state index contributed by atoms with van der Waals surface area (Å²) in [5.41, 5.74) is -1.11. The van der Waals surface area contributed by atoms with Crippen molar-refractivity contribution < 1.29 is 24.2 Å². The predicted octanol–water partition coefficient (Wildman–Crippen LogP) is 3.80. The lowest BCUT2D eigenvalue weighted by atomic mass is 9.77. The second-order valence-corrected chi connectivity index (χ2v) is 14.2. The molecule has 0 bridgehead atoms. The molecule has 6 atom stereocenters. The van der Waals surface area contributed by atoms with Crippen LogP contribution in [0.25, 0.3) is 0 Å². The monoisotopic (exact) mass is 563 g/mol. The molecule has 8 heteroatoms.